The van der Waals surface area contributed by atoms with Crippen LogP contribution in [0.1, 0.15) is 13.3 Å². The molecule has 8 heteroatoms. The normalized spacial score (nSPS) is 11.8. The van der Waals surface area contributed by atoms with E-state index < -0.39 is 5.97 Å². The Morgan fingerprint density at radius 1 is 1.43 bits per heavy atom. The van der Waals surface area contributed by atoms with E-state index in [4.69, 9.17) is 10.2 Å². The average molecular weight is 291 g/mol. The number of aryl methyl sites for hydroxylation is 1. The lowest BCUT2D eigenvalue weighted by Crippen LogP contribution is -2.06. The number of hydrogen-bond donors (Lipinski definition) is 3. The summed E-state index contributed by atoms with van der Waals surface area (Å²) >= 11 is 0. The number of aliphatic carboxylic acids is 1. The van der Waals surface area contributed by atoms with Crippen molar-refractivity contribution in [2.45, 2.75) is 19.9 Å². The van der Waals surface area contributed by atoms with Gasteiger partial charge < -0.3 is 20.1 Å². The average Bonchev–Trinajstić information content (AvgIpc) is 2.89. The van der Waals surface area contributed by atoms with Crippen LogP contribution in [-0.4, -0.2) is 48.9 Å². The molecule has 2 aromatic rings. The molecule has 0 atom stereocenters. The molecular weight excluding hydrogens is 274 g/mol. The maximum Gasteiger partial charge on any atom is 0.305 e. The molecule has 112 valence electrons. The minimum absolute atomic E-state index is 0.0106. The van der Waals surface area contributed by atoms with Crippen LogP contribution in [0.15, 0.2) is 24.3 Å². The van der Waals surface area contributed by atoms with E-state index in [0.29, 0.717) is 30.1 Å². The number of nitrogens with one attached hydrogen (secondary N) is 1. The largest absolute Gasteiger partial charge is 0.481 e. The molecule has 3 N–H and O–H groups in total. The van der Waals surface area contributed by atoms with Gasteiger partial charge in [0.25, 0.3) is 0 Å². The number of nitrogens with zero attached hydrogens (tertiary/aromatic N) is 4. The van der Waals surface area contributed by atoms with E-state index in [9.17, 15) is 4.79 Å². The van der Waals surface area contributed by atoms with Gasteiger partial charge in [-0.2, -0.15) is 0 Å². The lowest BCUT2D eigenvalue weighted by molar-refractivity contribution is -0.137. The van der Waals surface area contributed by atoms with E-state index in [1.807, 2.05) is 13.0 Å². The number of anilines is 1. The Morgan fingerprint density at radius 2 is 2.24 bits per heavy atom. The predicted octanol–water partition coefficient (Wildman–Crippen LogP) is 0.651. The van der Waals surface area contributed by atoms with Crippen molar-refractivity contribution in [3.8, 4) is 0 Å². The zero-order chi connectivity index (χ0) is 15.2. The fraction of sp³-hybridized carbons (Fsp3) is 0.385. The molecule has 0 spiro atoms. The van der Waals surface area contributed by atoms with E-state index in [2.05, 4.69) is 20.3 Å². The minimum atomic E-state index is -0.867. The molecular formula is C13H17N5O3. The highest BCUT2D eigenvalue weighted by Gasteiger charge is 2.10. The molecule has 0 radical (unpaired) electrons. The van der Waals surface area contributed by atoms with Gasteiger partial charge in [-0.3, -0.25) is 4.79 Å². The number of aliphatic hydroxyl groups excluding tert-OH is 1. The van der Waals surface area contributed by atoms with Crippen LogP contribution in [0.4, 0.5) is 5.82 Å². The Morgan fingerprint density at radius 3 is 2.95 bits per heavy atom. The number of fused-ring (bicyclic) bond motifs is 1. The fourth-order valence-electron chi connectivity index (χ4n) is 1.78. The van der Waals surface area contributed by atoms with Crippen LogP contribution in [0.25, 0.3) is 11.2 Å². The number of carboxylic acid groups (broad SMARTS) is 1. The molecule has 0 unspecified atom stereocenters. The second kappa shape index (κ2) is 6.80. The summed E-state index contributed by atoms with van der Waals surface area (Å²) in [5.74, 6) is -0.287. The summed E-state index contributed by atoms with van der Waals surface area (Å²) < 4.78 is 1.69. The third kappa shape index (κ3) is 3.76. The third-order valence-electron chi connectivity index (χ3n) is 2.94. The van der Waals surface area contributed by atoms with Crippen LogP contribution in [-0.2, 0) is 11.3 Å². The zero-order valence-corrected chi connectivity index (χ0v) is 11.7. The van der Waals surface area contributed by atoms with Crippen LogP contribution in [0.3, 0.4) is 0 Å². The molecule has 0 bridgehead atoms. The van der Waals surface area contributed by atoms with Gasteiger partial charge in [-0.15, -0.1) is 0 Å². The molecule has 2 heterocycles. The molecule has 0 amide bonds. The maximum absolute atomic E-state index is 10.6. The molecule has 8 nitrogen and oxygen atoms in total. The summed E-state index contributed by atoms with van der Waals surface area (Å²) in [6.45, 7) is 2.68. The van der Waals surface area contributed by atoms with Crippen molar-refractivity contribution >= 4 is 23.0 Å². The number of hydrogen-bond acceptors (Lipinski definition) is 6. The lowest BCUT2D eigenvalue weighted by Gasteiger charge is -2.04. The molecule has 0 aliphatic heterocycles. The second-order valence-electron chi connectivity index (χ2n) is 4.57. The van der Waals surface area contributed by atoms with Crippen molar-refractivity contribution in [3.05, 3.63) is 24.3 Å². The monoisotopic (exact) mass is 291 g/mol. The number of carbonyl (C=O) groups is 1. The number of aliphatic hydroxyl groups is 1. The molecule has 0 fully saturated rings. The number of aromatic nitrogens is 4. The van der Waals surface area contributed by atoms with Crippen LogP contribution in [0.5, 0.6) is 0 Å². The van der Waals surface area contributed by atoms with Gasteiger partial charge in [-0.1, -0.05) is 11.6 Å². The van der Waals surface area contributed by atoms with Crippen molar-refractivity contribution < 1.29 is 15.0 Å². The standard InChI is InChI=1S/C13H17N5O3/c1-9(6-19)2-4-14-12-11-13(16-7-15-12)18(8-17-11)5-3-10(20)21/h2,7-8,19H,3-6H2,1H3,(H,20,21)(H,14,15,16). The van der Waals surface area contributed by atoms with Gasteiger partial charge in [0.15, 0.2) is 11.5 Å². The molecule has 0 saturated heterocycles. The van der Waals surface area contributed by atoms with Gasteiger partial charge in [0.2, 0.25) is 0 Å². The van der Waals surface area contributed by atoms with Crippen LogP contribution >= 0.6 is 0 Å². The molecule has 2 aromatic heterocycles. The molecule has 0 saturated carbocycles. The van der Waals surface area contributed by atoms with Gasteiger partial charge in [-0.05, 0) is 6.92 Å². The Kier molecular flexibility index (Phi) is 4.83. The highest BCUT2D eigenvalue weighted by Crippen LogP contribution is 2.17. The summed E-state index contributed by atoms with van der Waals surface area (Å²) in [5, 5.41) is 20.8. The number of imidazole rings is 1. The Labute approximate surface area is 121 Å². The Bertz CT molecular complexity index is 665. The van der Waals surface area contributed by atoms with Crippen LogP contribution in [0.2, 0.25) is 0 Å². The first-order chi connectivity index (χ1) is 10.1. The second-order valence-corrected chi connectivity index (χ2v) is 4.57. The van der Waals surface area contributed by atoms with Crippen molar-refractivity contribution in [1.82, 2.24) is 19.5 Å². The first-order valence-corrected chi connectivity index (χ1v) is 6.49. The van der Waals surface area contributed by atoms with E-state index in [1.165, 1.54) is 6.33 Å². The lowest BCUT2D eigenvalue weighted by atomic mass is 10.3. The van der Waals surface area contributed by atoms with Gasteiger partial charge >= 0.3 is 5.97 Å². The first kappa shape index (κ1) is 14.9. The van der Waals surface area contributed by atoms with E-state index >= 15 is 0 Å². The molecule has 0 aliphatic rings. The van der Waals surface area contributed by atoms with Crippen molar-refractivity contribution in [1.29, 1.82) is 0 Å². The number of rotatable bonds is 7. The third-order valence-corrected chi connectivity index (χ3v) is 2.94. The molecule has 0 aromatic carbocycles. The molecule has 21 heavy (non-hydrogen) atoms. The first-order valence-electron chi connectivity index (χ1n) is 6.49. The highest BCUT2D eigenvalue weighted by molar-refractivity contribution is 5.82. The SMILES string of the molecule is CC(=CCNc1ncnc2c1ncn2CCC(=O)O)CO. The Balaban J connectivity index is 2.16. The van der Waals surface area contributed by atoms with Crippen LogP contribution < -0.4 is 5.32 Å². The number of carboxylic acids is 1. The topological polar surface area (TPSA) is 113 Å². The summed E-state index contributed by atoms with van der Waals surface area (Å²) in [7, 11) is 0. The smallest absolute Gasteiger partial charge is 0.305 e. The van der Waals surface area contributed by atoms with Gasteiger partial charge in [0.1, 0.15) is 11.8 Å². The van der Waals surface area contributed by atoms with E-state index in [0.717, 1.165) is 5.57 Å². The summed E-state index contributed by atoms with van der Waals surface area (Å²) in [4.78, 5) is 23.1. The summed E-state index contributed by atoms with van der Waals surface area (Å²) in [6.07, 6.45) is 4.83. The van der Waals surface area contributed by atoms with Gasteiger partial charge in [-0.25, -0.2) is 15.0 Å². The molecule has 2 rings (SSSR count). The fourth-order valence-corrected chi connectivity index (χ4v) is 1.78. The maximum atomic E-state index is 10.6. The quantitative estimate of drug-likeness (QED) is 0.642. The predicted molar refractivity (Wildman–Crippen MR) is 76.9 cm³/mol. The van der Waals surface area contributed by atoms with Crippen molar-refractivity contribution in [3.63, 3.8) is 0 Å². The molecule has 0 aliphatic carbocycles. The van der Waals surface area contributed by atoms with Crippen molar-refractivity contribution in [2.75, 3.05) is 18.5 Å². The van der Waals surface area contributed by atoms with E-state index in [-0.39, 0.29) is 13.0 Å². The Hall–Kier alpha value is -2.48. The van der Waals surface area contributed by atoms with E-state index in [1.54, 1.807) is 10.9 Å². The van der Waals surface area contributed by atoms with Gasteiger partial charge in [0.05, 0.1) is 19.4 Å². The minimum Gasteiger partial charge on any atom is -0.481 e. The summed E-state index contributed by atoms with van der Waals surface area (Å²) in [6, 6.07) is 0. The zero-order valence-electron chi connectivity index (χ0n) is 11.7. The van der Waals surface area contributed by atoms with Gasteiger partial charge in [0, 0.05) is 13.1 Å². The summed E-state index contributed by atoms with van der Waals surface area (Å²) in [5.41, 5.74) is 2.05. The highest BCUT2D eigenvalue weighted by atomic mass is 16.4. The van der Waals surface area contributed by atoms with Crippen molar-refractivity contribution in [2.24, 2.45) is 0 Å². The van der Waals surface area contributed by atoms with Crippen LogP contribution in [0, 0.1) is 0 Å².